The number of benzene rings is 2. The van der Waals surface area contributed by atoms with E-state index in [2.05, 4.69) is 10.3 Å². The molecule has 0 aromatic heterocycles. The van der Waals surface area contributed by atoms with Crippen molar-refractivity contribution in [2.75, 3.05) is 13.2 Å². The molecule has 0 saturated heterocycles. The smallest absolute Gasteiger partial charge is 0.416 e. The molecule has 1 amide bonds. The molecule has 0 unspecified atom stereocenters. The Balaban J connectivity index is 1.96. The standard InChI is InChI=1S/C21H25F3N2O2Si/c1-14-9-18(27)10-15(2)19(14)12-29(25-3)13-26-20(28)8-7-16-5-4-6-17(11-16)21(22,23)24/h4-11,25,27,29H,12-13H2,1-3H3,(H,26,28)/b8-7+/t29-/m0/s1. The van der Waals surface area contributed by atoms with E-state index in [9.17, 15) is 23.1 Å². The molecule has 0 spiro atoms. The fourth-order valence-corrected chi connectivity index (χ4v) is 5.23. The lowest BCUT2D eigenvalue weighted by Gasteiger charge is -2.18. The van der Waals surface area contributed by atoms with Crippen LogP contribution in [-0.4, -0.2) is 33.2 Å². The summed E-state index contributed by atoms with van der Waals surface area (Å²) in [5.41, 5.74) is 2.73. The molecule has 4 nitrogen and oxygen atoms in total. The maximum Gasteiger partial charge on any atom is 0.416 e. The van der Waals surface area contributed by atoms with Crippen LogP contribution in [-0.2, 0) is 17.0 Å². The average molecular weight is 423 g/mol. The summed E-state index contributed by atoms with van der Waals surface area (Å²) < 4.78 is 38.3. The van der Waals surface area contributed by atoms with Gasteiger partial charge in [-0.1, -0.05) is 12.1 Å². The van der Waals surface area contributed by atoms with Gasteiger partial charge < -0.3 is 15.4 Å². The van der Waals surface area contributed by atoms with Gasteiger partial charge in [-0.3, -0.25) is 4.79 Å². The van der Waals surface area contributed by atoms with Gasteiger partial charge in [0.15, 0.2) is 0 Å². The van der Waals surface area contributed by atoms with Crippen LogP contribution in [0.2, 0.25) is 0 Å². The van der Waals surface area contributed by atoms with Gasteiger partial charge in [0, 0.05) is 12.2 Å². The summed E-state index contributed by atoms with van der Waals surface area (Å²) >= 11 is 0. The summed E-state index contributed by atoms with van der Waals surface area (Å²) in [5, 5.41) is 12.5. The zero-order valence-electron chi connectivity index (χ0n) is 16.6. The van der Waals surface area contributed by atoms with Crippen molar-refractivity contribution < 1.29 is 23.1 Å². The third-order valence-corrected chi connectivity index (χ3v) is 7.12. The van der Waals surface area contributed by atoms with Gasteiger partial charge in [-0.05, 0) is 79.5 Å². The summed E-state index contributed by atoms with van der Waals surface area (Å²) in [7, 11) is 0.310. The molecule has 0 aliphatic rings. The Morgan fingerprint density at radius 3 is 2.41 bits per heavy atom. The summed E-state index contributed by atoms with van der Waals surface area (Å²) in [4.78, 5) is 15.4. The summed E-state index contributed by atoms with van der Waals surface area (Å²) in [5.74, 6) is -0.117. The molecule has 0 saturated carbocycles. The van der Waals surface area contributed by atoms with Crippen molar-refractivity contribution in [1.82, 2.24) is 10.3 Å². The first-order valence-corrected chi connectivity index (χ1v) is 11.4. The molecule has 0 fully saturated rings. The fraction of sp³-hybridized carbons (Fsp3) is 0.286. The van der Waals surface area contributed by atoms with E-state index in [-0.39, 0.29) is 11.7 Å². The van der Waals surface area contributed by atoms with Crippen molar-refractivity contribution in [1.29, 1.82) is 0 Å². The zero-order valence-corrected chi connectivity index (χ0v) is 17.8. The number of carbonyl (C=O) groups excluding carboxylic acids is 1. The van der Waals surface area contributed by atoms with E-state index in [1.54, 1.807) is 12.1 Å². The van der Waals surface area contributed by atoms with Crippen LogP contribution in [0, 0.1) is 13.8 Å². The fourth-order valence-electron chi connectivity index (χ4n) is 3.09. The first kappa shape index (κ1) is 22.7. The van der Waals surface area contributed by atoms with Crippen molar-refractivity contribution >= 4 is 20.9 Å². The second-order valence-corrected chi connectivity index (χ2v) is 9.74. The van der Waals surface area contributed by atoms with Gasteiger partial charge in [-0.25, -0.2) is 0 Å². The van der Waals surface area contributed by atoms with Crippen molar-refractivity contribution in [2.24, 2.45) is 0 Å². The lowest BCUT2D eigenvalue weighted by Crippen LogP contribution is -2.45. The molecule has 156 valence electrons. The molecular formula is C21H25F3N2O2Si. The number of hydrogen-bond donors (Lipinski definition) is 3. The molecule has 2 rings (SSSR count). The number of aryl methyl sites for hydroxylation is 2. The van der Waals surface area contributed by atoms with E-state index >= 15 is 0 Å². The molecule has 0 aliphatic carbocycles. The third kappa shape index (κ3) is 6.76. The minimum atomic E-state index is -4.41. The Bertz CT molecular complexity index is 875. The number of phenolic OH excluding ortho intramolecular Hbond substituents is 1. The van der Waals surface area contributed by atoms with Crippen molar-refractivity contribution in [2.45, 2.75) is 26.1 Å². The number of rotatable bonds is 7. The minimum Gasteiger partial charge on any atom is -0.508 e. The highest BCUT2D eigenvalue weighted by atomic mass is 28.3. The predicted octanol–water partition coefficient (Wildman–Crippen LogP) is 3.42. The number of halogens is 3. The highest BCUT2D eigenvalue weighted by Crippen LogP contribution is 2.29. The number of amides is 1. The Labute approximate surface area is 170 Å². The van der Waals surface area contributed by atoms with Crippen LogP contribution in [0.5, 0.6) is 5.75 Å². The molecule has 0 heterocycles. The third-order valence-electron chi connectivity index (χ3n) is 4.70. The molecule has 0 bridgehead atoms. The zero-order chi connectivity index (χ0) is 21.6. The Morgan fingerprint density at radius 2 is 1.83 bits per heavy atom. The largest absolute Gasteiger partial charge is 0.508 e. The van der Waals surface area contributed by atoms with Gasteiger partial charge in [0.1, 0.15) is 14.7 Å². The Hall–Kier alpha value is -2.58. The molecule has 2 aromatic carbocycles. The number of carbonyl (C=O) groups is 1. The van der Waals surface area contributed by atoms with Crippen LogP contribution in [0.4, 0.5) is 13.2 Å². The molecule has 3 N–H and O–H groups in total. The van der Waals surface area contributed by atoms with E-state index in [4.69, 9.17) is 0 Å². The van der Waals surface area contributed by atoms with E-state index < -0.39 is 20.7 Å². The Kier molecular flexibility index (Phi) is 7.64. The number of aromatic hydroxyl groups is 1. The highest BCUT2D eigenvalue weighted by molar-refractivity contribution is 6.56. The summed E-state index contributed by atoms with van der Waals surface area (Å²) in [6, 6.07) is 9.07. The van der Waals surface area contributed by atoms with Gasteiger partial charge >= 0.3 is 6.18 Å². The van der Waals surface area contributed by atoms with Gasteiger partial charge in [0.25, 0.3) is 0 Å². The predicted molar refractivity (Wildman–Crippen MR) is 111 cm³/mol. The quantitative estimate of drug-likeness (QED) is 0.473. The SMILES string of the molecule is CN[Si@H](CNC(=O)/C=C/c1cccc(C(F)(F)F)c1)Cc1c(C)cc(O)cc1C. The molecule has 0 radical (unpaired) electrons. The van der Waals surface area contributed by atoms with Gasteiger partial charge in [0.2, 0.25) is 5.91 Å². The lowest BCUT2D eigenvalue weighted by molar-refractivity contribution is -0.137. The number of hydrogen-bond acceptors (Lipinski definition) is 3. The van der Waals surface area contributed by atoms with E-state index in [1.165, 1.54) is 24.3 Å². The lowest BCUT2D eigenvalue weighted by atomic mass is 10.0. The maximum absolute atomic E-state index is 12.8. The molecule has 2 aromatic rings. The first-order chi connectivity index (χ1) is 13.6. The van der Waals surface area contributed by atoms with Crippen molar-refractivity contribution in [3.63, 3.8) is 0 Å². The minimum absolute atomic E-state index is 0.236. The Morgan fingerprint density at radius 1 is 1.17 bits per heavy atom. The summed E-state index contributed by atoms with van der Waals surface area (Å²) in [6.45, 7) is 3.89. The second kappa shape index (κ2) is 9.75. The molecule has 8 heteroatoms. The second-order valence-electron chi connectivity index (χ2n) is 6.95. The van der Waals surface area contributed by atoms with Gasteiger partial charge in [0.05, 0.1) is 5.56 Å². The van der Waals surface area contributed by atoms with E-state index in [0.717, 1.165) is 34.9 Å². The molecule has 29 heavy (non-hydrogen) atoms. The number of alkyl halides is 3. The van der Waals surface area contributed by atoms with E-state index in [1.807, 2.05) is 20.9 Å². The first-order valence-electron chi connectivity index (χ1n) is 9.19. The van der Waals surface area contributed by atoms with Crippen molar-refractivity contribution in [3.8, 4) is 5.75 Å². The van der Waals surface area contributed by atoms with Crippen LogP contribution in [0.15, 0.2) is 42.5 Å². The van der Waals surface area contributed by atoms with Crippen LogP contribution in [0.25, 0.3) is 6.08 Å². The topological polar surface area (TPSA) is 61.4 Å². The van der Waals surface area contributed by atoms with Crippen LogP contribution in [0.1, 0.15) is 27.8 Å². The van der Waals surface area contributed by atoms with Gasteiger partial charge in [-0.2, -0.15) is 13.2 Å². The monoisotopic (exact) mass is 422 g/mol. The number of phenols is 1. The molecular weight excluding hydrogens is 397 g/mol. The normalized spacial score (nSPS) is 12.9. The summed E-state index contributed by atoms with van der Waals surface area (Å²) in [6.07, 6.45) is -1.31. The average Bonchev–Trinajstić information content (AvgIpc) is 2.64. The van der Waals surface area contributed by atoms with Gasteiger partial charge in [-0.15, -0.1) is 0 Å². The highest BCUT2D eigenvalue weighted by Gasteiger charge is 2.30. The van der Waals surface area contributed by atoms with Crippen LogP contribution < -0.4 is 10.3 Å². The van der Waals surface area contributed by atoms with Crippen LogP contribution >= 0.6 is 0 Å². The van der Waals surface area contributed by atoms with E-state index in [0.29, 0.717) is 11.7 Å². The molecule has 1 atom stereocenters. The van der Waals surface area contributed by atoms with Crippen LogP contribution in [0.3, 0.4) is 0 Å². The number of nitrogens with one attached hydrogen (secondary N) is 2. The maximum atomic E-state index is 12.8. The van der Waals surface area contributed by atoms with Crippen molar-refractivity contribution in [3.05, 3.63) is 70.3 Å². The molecule has 0 aliphatic heterocycles.